The highest BCUT2D eigenvalue weighted by molar-refractivity contribution is 7.14. The van der Waals surface area contributed by atoms with E-state index in [1.54, 1.807) is 11.3 Å². The number of nitrogens with zero attached hydrogens (tertiary/aromatic N) is 3. The summed E-state index contributed by atoms with van der Waals surface area (Å²) in [7, 11) is 0. The summed E-state index contributed by atoms with van der Waals surface area (Å²) in [6.07, 6.45) is 2.03. The van der Waals surface area contributed by atoms with Crippen LogP contribution in [-0.4, -0.2) is 78.5 Å². The number of rotatable bonds is 4. The molecule has 148 valence electrons. The van der Waals surface area contributed by atoms with E-state index in [4.69, 9.17) is 4.74 Å². The summed E-state index contributed by atoms with van der Waals surface area (Å²) in [4.78, 5) is 33.6. The van der Waals surface area contributed by atoms with Crippen molar-refractivity contribution in [3.05, 3.63) is 21.9 Å². The van der Waals surface area contributed by atoms with Gasteiger partial charge < -0.3 is 14.5 Å². The molecular formula is C20H29N3O3S. The summed E-state index contributed by atoms with van der Waals surface area (Å²) in [5.41, 5.74) is 0. The number of amides is 2. The third-order valence-electron chi connectivity index (χ3n) is 5.91. The second kappa shape index (κ2) is 7.89. The first-order valence-corrected chi connectivity index (χ1v) is 10.9. The minimum absolute atomic E-state index is 0.0184. The molecule has 6 nitrogen and oxygen atoms in total. The lowest BCUT2D eigenvalue weighted by molar-refractivity contribution is -0.135. The second-order valence-corrected chi connectivity index (χ2v) is 9.17. The fourth-order valence-electron chi connectivity index (χ4n) is 4.26. The van der Waals surface area contributed by atoms with Crippen LogP contribution in [0, 0.1) is 5.92 Å². The first-order chi connectivity index (χ1) is 13.0. The molecule has 4 heterocycles. The quantitative estimate of drug-likeness (QED) is 0.790. The molecule has 4 rings (SSSR count). The Hall–Kier alpha value is -1.44. The van der Waals surface area contributed by atoms with Crippen molar-refractivity contribution >= 4 is 23.2 Å². The van der Waals surface area contributed by atoms with Crippen LogP contribution in [0.3, 0.4) is 0 Å². The summed E-state index contributed by atoms with van der Waals surface area (Å²) < 4.78 is 5.41. The van der Waals surface area contributed by atoms with Gasteiger partial charge in [0, 0.05) is 49.6 Å². The molecule has 3 fully saturated rings. The van der Waals surface area contributed by atoms with Gasteiger partial charge in [-0.05, 0) is 25.0 Å². The van der Waals surface area contributed by atoms with Gasteiger partial charge in [0.05, 0.1) is 24.1 Å². The molecule has 0 aliphatic carbocycles. The maximum absolute atomic E-state index is 12.8. The monoisotopic (exact) mass is 391 g/mol. The van der Waals surface area contributed by atoms with Gasteiger partial charge in [0.1, 0.15) is 0 Å². The number of hydrogen-bond acceptors (Lipinski definition) is 5. The van der Waals surface area contributed by atoms with Gasteiger partial charge in [0.15, 0.2) is 0 Å². The molecule has 0 spiro atoms. The molecule has 0 saturated carbocycles. The van der Waals surface area contributed by atoms with Gasteiger partial charge in [-0.1, -0.05) is 13.8 Å². The van der Waals surface area contributed by atoms with Gasteiger partial charge in [-0.3, -0.25) is 14.5 Å². The summed E-state index contributed by atoms with van der Waals surface area (Å²) in [5.74, 6) is 0.371. The Morgan fingerprint density at radius 1 is 1.15 bits per heavy atom. The summed E-state index contributed by atoms with van der Waals surface area (Å²) in [5, 5.41) is 0. The van der Waals surface area contributed by atoms with Crippen LogP contribution < -0.4 is 0 Å². The molecule has 1 unspecified atom stereocenters. The highest BCUT2D eigenvalue weighted by atomic mass is 32.1. The van der Waals surface area contributed by atoms with Crippen LogP contribution in [0.2, 0.25) is 0 Å². The largest absolute Gasteiger partial charge is 0.379 e. The molecule has 0 aromatic carbocycles. The summed E-state index contributed by atoms with van der Waals surface area (Å²) in [6, 6.07) is 4.62. The maximum Gasteiger partial charge on any atom is 0.264 e. The Morgan fingerprint density at radius 3 is 2.59 bits per heavy atom. The molecule has 0 radical (unpaired) electrons. The molecule has 3 aliphatic rings. The normalized spacial score (nSPS) is 24.5. The molecule has 3 saturated heterocycles. The molecule has 27 heavy (non-hydrogen) atoms. The number of ether oxygens (including phenoxy) is 1. The zero-order chi connectivity index (χ0) is 19.0. The minimum Gasteiger partial charge on any atom is -0.379 e. The van der Waals surface area contributed by atoms with E-state index in [2.05, 4.69) is 4.90 Å². The van der Waals surface area contributed by atoms with Crippen molar-refractivity contribution < 1.29 is 14.3 Å². The number of hydrogen-bond donors (Lipinski definition) is 0. The standard InChI is InChI=1S/C20H29N3O3S/c1-14(2)19(24)23-7-3-4-16(23)17-5-6-18(27-17)20(25)22-12-15(13-22)21-8-10-26-11-9-21/h5-6,14-16H,3-4,7-13H2,1-2H3. The molecule has 1 atom stereocenters. The first-order valence-electron chi connectivity index (χ1n) is 10.1. The topological polar surface area (TPSA) is 53.1 Å². The van der Waals surface area contributed by atoms with E-state index in [0.29, 0.717) is 6.04 Å². The Bertz CT molecular complexity index is 692. The number of thiophene rings is 1. The van der Waals surface area contributed by atoms with E-state index in [0.717, 1.165) is 68.5 Å². The van der Waals surface area contributed by atoms with Gasteiger partial charge in [-0.25, -0.2) is 0 Å². The maximum atomic E-state index is 12.8. The van der Waals surface area contributed by atoms with E-state index in [9.17, 15) is 9.59 Å². The molecule has 1 aromatic rings. The van der Waals surface area contributed by atoms with Gasteiger partial charge in [-0.2, -0.15) is 0 Å². The Kier molecular flexibility index (Phi) is 5.53. The Morgan fingerprint density at radius 2 is 1.89 bits per heavy atom. The smallest absolute Gasteiger partial charge is 0.264 e. The van der Waals surface area contributed by atoms with E-state index < -0.39 is 0 Å². The number of carbonyl (C=O) groups is 2. The van der Waals surface area contributed by atoms with Crippen LogP contribution in [0.5, 0.6) is 0 Å². The van der Waals surface area contributed by atoms with Crippen LogP contribution in [0.25, 0.3) is 0 Å². The van der Waals surface area contributed by atoms with Gasteiger partial charge >= 0.3 is 0 Å². The fraction of sp³-hybridized carbons (Fsp3) is 0.700. The molecule has 2 amide bonds. The number of likely N-dealkylation sites (tertiary alicyclic amines) is 2. The highest BCUT2D eigenvalue weighted by Gasteiger charge is 2.37. The van der Waals surface area contributed by atoms with Crippen LogP contribution in [0.1, 0.15) is 47.3 Å². The molecule has 7 heteroatoms. The van der Waals surface area contributed by atoms with Crippen molar-refractivity contribution in [3.63, 3.8) is 0 Å². The van der Waals surface area contributed by atoms with Crippen LogP contribution >= 0.6 is 11.3 Å². The average molecular weight is 392 g/mol. The zero-order valence-corrected chi connectivity index (χ0v) is 17.0. The molecule has 0 bridgehead atoms. The third-order valence-corrected chi connectivity index (χ3v) is 7.08. The van der Waals surface area contributed by atoms with Gasteiger partial charge in [0.2, 0.25) is 5.91 Å². The highest BCUT2D eigenvalue weighted by Crippen LogP contribution is 2.37. The molecular weight excluding hydrogens is 362 g/mol. The fourth-order valence-corrected chi connectivity index (χ4v) is 5.38. The number of carbonyl (C=O) groups excluding carboxylic acids is 2. The van der Waals surface area contributed by atoms with Crippen LogP contribution in [0.4, 0.5) is 0 Å². The molecule has 3 aliphatic heterocycles. The first kappa shape index (κ1) is 18.9. The van der Waals surface area contributed by atoms with Crippen molar-refractivity contribution in [3.8, 4) is 0 Å². The van der Waals surface area contributed by atoms with Gasteiger partial charge in [-0.15, -0.1) is 11.3 Å². The van der Waals surface area contributed by atoms with Crippen molar-refractivity contribution in [2.75, 3.05) is 45.9 Å². The Balaban J connectivity index is 1.36. The van der Waals surface area contributed by atoms with Crippen molar-refractivity contribution in [1.82, 2.24) is 14.7 Å². The Labute approximate surface area is 165 Å². The van der Waals surface area contributed by atoms with Crippen molar-refractivity contribution in [2.45, 2.75) is 38.8 Å². The lowest BCUT2D eigenvalue weighted by atomic mass is 10.1. The van der Waals surface area contributed by atoms with Crippen molar-refractivity contribution in [2.24, 2.45) is 5.92 Å². The minimum atomic E-state index is 0.0184. The summed E-state index contributed by atoms with van der Waals surface area (Å²) in [6.45, 7) is 9.90. The zero-order valence-electron chi connectivity index (χ0n) is 16.2. The SMILES string of the molecule is CC(C)C(=O)N1CCCC1c1ccc(C(=O)N2CC(N3CCOCC3)C2)s1. The van der Waals surface area contributed by atoms with E-state index in [1.165, 1.54) is 0 Å². The van der Waals surface area contributed by atoms with Gasteiger partial charge in [0.25, 0.3) is 5.91 Å². The van der Waals surface area contributed by atoms with E-state index >= 15 is 0 Å². The van der Waals surface area contributed by atoms with E-state index in [1.807, 2.05) is 35.8 Å². The third kappa shape index (κ3) is 3.77. The van der Waals surface area contributed by atoms with E-state index in [-0.39, 0.29) is 23.8 Å². The lowest BCUT2D eigenvalue weighted by Crippen LogP contribution is -2.62. The molecule has 1 aromatic heterocycles. The lowest BCUT2D eigenvalue weighted by Gasteiger charge is -2.46. The second-order valence-electron chi connectivity index (χ2n) is 8.06. The predicted molar refractivity (Wildman–Crippen MR) is 105 cm³/mol. The number of morpholine rings is 1. The van der Waals surface area contributed by atoms with Crippen LogP contribution in [0.15, 0.2) is 12.1 Å². The molecule has 0 N–H and O–H groups in total. The average Bonchev–Trinajstić information content (AvgIpc) is 3.29. The van der Waals surface area contributed by atoms with Crippen molar-refractivity contribution in [1.29, 1.82) is 0 Å². The predicted octanol–water partition coefficient (Wildman–Crippen LogP) is 2.22. The summed E-state index contributed by atoms with van der Waals surface area (Å²) >= 11 is 1.57. The van der Waals surface area contributed by atoms with Crippen LogP contribution in [-0.2, 0) is 9.53 Å².